The average molecular weight is 497 g/mol. The molecular formula is C27H32N2O5S. The number of benzene rings is 3. The zero-order valence-corrected chi connectivity index (χ0v) is 20.7. The molecule has 5 rings (SSSR count). The average Bonchev–Trinajstić information content (AvgIpc) is 3.49. The van der Waals surface area contributed by atoms with Crippen LogP contribution in [0, 0.1) is 0 Å². The molecule has 0 bridgehead atoms. The van der Waals surface area contributed by atoms with E-state index in [1.807, 2.05) is 36.4 Å². The van der Waals surface area contributed by atoms with Gasteiger partial charge in [-0.05, 0) is 76.9 Å². The summed E-state index contributed by atoms with van der Waals surface area (Å²) in [6.07, 6.45) is 1.53. The molecule has 1 aliphatic carbocycles. The SMILES string of the molecule is CC(C)(C)c1ccc(NC(=O)C2(c3ccc4c(c3)OCO4)CC2)cc1-c1ccc(S(N)(=O)=O)cc1.[HH].[HH]. The van der Waals surface area contributed by atoms with E-state index in [9.17, 15) is 13.2 Å². The van der Waals surface area contributed by atoms with Gasteiger partial charge in [0, 0.05) is 8.54 Å². The summed E-state index contributed by atoms with van der Waals surface area (Å²) in [5, 5.41) is 8.37. The molecule has 186 valence electrons. The molecule has 1 aliphatic heterocycles. The van der Waals surface area contributed by atoms with Gasteiger partial charge in [-0.25, -0.2) is 13.6 Å². The van der Waals surface area contributed by atoms with E-state index in [0.717, 1.165) is 35.1 Å². The van der Waals surface area contributed by atoms with Crippen molar-refractivity contribution in [2.24, 2.45) is 5.14 Å². The molecule has 3 N–H and O–H groups in total. The number of hydrogen-bond donors (Lipinski definition) is 2. The zero-order valence-electron chi connectivity index (χ0n) is 19.9. The minimum Gasteiger partial charge on any atom is -0.454 e. The first-order valence-electron chi connectivity index (χ1n) is 11.5. The van der Waals surface area contributed by atoms with Gasteiger partial charge >= 0.3 is 0 Å². The molecule has 3 aromatic rings. The fourth-order valence-corrected chi connectivity index (χ4v) is 5.07. The zero-order chi connectivity index (χ0) is 25.0. The molecule has 1 amide bonds. The number of ether oxygens (including phenoxy) is 2. The van der Waals surface area contributed by atoms with Gasteiger partial charge in [-0.3, -0.25) is 4.79 Å². The Morgan fingerprint density at radius 1 is 0.971 bits per heavy atom. The second-order valence-electron chi connectivity index (χ2n) is 10.2. The van der Waals surface area contributed by atoms with E-state index in [2.05, 4.69) is 26.1 Å². The fourth-order valence-electron chi connectivity index (χ4n) is 4.56. The summed E-state index contributed by atoms with van der Waals surface area (Å²) in [4.78, 5) is 13.5. The van der Waals surface area contributed by atoms with Crippen LogP contribution < -0.4 is 19.9 Å². The first-order chi connectivity index (χ1) is 16.5. The van der Waals surface area contributed by atoms with Crippen LogP contribution in [-0.2, 0) is 25.6 Å². The maximum absolute atomic E-state index is 13.4. The highest BCUT2D eigenvalue weighted by atomic mass is 32.2. The van der Waals surface area contributed by atoms with E-state index in [-0.39, 0.29) is 25.9 Å². The van der Waals surface area contributed by atoms with Crippen molar-refractivity contribution >= 4 is 21.6 Å². The van der Waals surface area contributed by atoms with Crippen LogP contribution >= 0.6 is 0 Å². The molecule has 0 atom stereocenters. The Bertz CT molecular complexity index is 1430. The second-order valence-corrected chi connectivity index (χ2v) is 11.7. The maximum atomic E-state index is 13.4. The predicted molar refractivity (Wildman–Crippen MR) is 138 cm³/mol. The standard InChI is InChI=1S/C27H28N2O5S.2H2/c1-26(2,3)22-10-7-19(15-21(22)17-4-8-20(9-5-17)35(28,31)32)29-25(30)27(12-13-27)18-6-11-23-24(14-18)34-16-33-23;;/h4-11,14-15H,12-13,16H2,1-3H3,(H,29,30)(H2,28,31,32);2*1H. The summed E-state index contributed by atoms with van der Waals surface area (Å²) in [5.41, 5.74) is 3.70. The topological polar surface area (TPSA) is 108 Å². The summed E-state index contributed by atoms with van der Waals surface area (Å²) in [6.45, 7) is 6.53. The van der Waals surface area contributed by atoms with Crippen molar-refractivity contribution in [3.63, 3.8) is 0 Å². The summed E-state index contributed by atoms with van der Waals surface area (Å²) in [7, 11) is -3.78. The van der Waals surface area contributed by atoms with Crippen LogP contribution in [0.5, 0.6) is 11.5 Å². The van der Waals surface area contributed by atoms with Crippen molar-refractivity contribution in [3.05, 3.63) is 71.8 Å². The van der Waals surface area contributed by atoms with Gasteiger partial charge in [-0.15, -0.1) is 0 Å². The Morgan fingerprint density at radius 3 is 2.29 bits per heavy atom. The lowest BCUT2D eigenvalue weighted by molar-refractivity contribution is -0.118. The molecule has 1 heterocycles. The second kappa shape index (κ2) is 8.10. The third-order valence-electron chi connectivity index (χ3n) is 6.69. The molecule has 7 nitrogen and oxygen atoms in total. The van der Waals surface area contributed by atoms with E-state index >= 15 is 0 Å². The van der Waals surface area contributed by atoms with Gasteiger partial charge in [0.1, 0.15) is 0 Å². The van der Waals surface area contributed by atoms with Crippen LogP contribution in [0.1, 0.15) is 47.6 Å². The van der Waals surface area contributed by atoms with Crippen LogP contribution in [0.25, 0.3) is 11.1 Å². The van der Waals surface area contributed by atoms with E-state index in [4.69, 9.17) is 14.6 Å². The molecule has 0 saturated heterocycles. The normalized spacial score (nSPS) is 16.1. The minimum absolute atomic E-state index is 0. The third-order valence-corrected chi connectivity index (χ3v) is 7.62. The van der Waals surface area contributed by atoms with E-state index < -0.39 is 15.4 Å². The molecular weight excluding hydrogens is 464 g/mol. The molecule has 3 aromatic carbocycles. The Morgan fingerprint density at radius 2 is 1.66 bits per heavy atom. The van der Waals surface area contributed by atoms with Crippen LogP contribution in [0.3, 0.4) is 0 Å². The number of fused-ring (bicyclic) bond motifs is 1. The summed E-state index contributed by atoms with van der Waals surface area (Å²) < 4.78 is 34.3. The molecule has 0 radical (unpaired) electrons. The number of sulfonamides is 1. The first kappa shape index (κ1) is 23.4. The Kier molecular flexibility index (Phi) is 5.41. The lowest BCUT2D eigenvalue weighted by Crippen LogP contribution is -2.28. The monoisotopic (exact) mass is 496 g/mol. The molecule has 0 aromatic heterocycles. The quantitative estimate of drug-likeness (QED) is 0.505. The maximum Gasteiger partial charge on any atom is 0.238 e. The van der Waals surface area contributed by atoms with Gasteiger partial charge in [0.2, 0.25) is 22.7 Å². The number of amides is 1. The van der Waals surface area contributed by atoms with Crippen molar-refractivity contribution in [2.75, 3.05) is 12.1 Å². The van der Waals surface area contributed by atoms with Gasteiger partial charge in [0.15, 0.2) is 11.5 Å². The van der Waals surface area contributed by atoms with Gasteiger partial charge < -0.3 is 14.8 Å². The number of rotatable bonds is 5. The highest BCUT2D eigenvalue weighted by Gasteiger charge is 2.51. The fraction of sp³-hybridized carbons (Fsp3) is 0.296. The van der Waals surface area contributed by atoms with Gasteiger partial charge in [0.05, 0.1) is 10.3 Å². The Balaban J connectivity index is 0.00000190. The van der Waals surface area contributed by atoms with E-state index in [1.165, 1.54) is 12.1 Å². The van der Waals surface area contributed by atoms with Crippen molar-refractivity contribution < 1.29 is 25.5 Å². The lowest BCUT2D eigenvalue weighted by atomic mass is 9.81. The van der Waals surface area contributed by atoms with Gasteiger partial charge in [-0.2, -0.15) is 0 Å². The third kappa shape index (κ3) is 4.39. The van der Waals surface area contributed by atoms with Crippen LogP contribution in [-0.4, -0.2) is 21.1 Å². The number of hydrogen-bond acceptors (Lipinski definition) is 5. The van der Waals surface area contributed by atoms with Crippen LogP contribution in [0.15, 0.2) is 65.6 Å². The van der Waals surface area contributed by atoms with Crippen LogP contribution in [0.2, 0.25) is 0 Å². The number of carbonyl (C=O) groups is 1. The summed E-state index contributed by atoms with van der Waals surface area (Å²) in [5.74, 6) is 1.30. The number of carbonyl (C=O) groups excluding carboxylic acids is 1. The van der Waals surface area contributed by atoms with Crippen molar-refractivity contribution in [1.29, 1.82) is 0 Å². The molecule has 0 unspecified atom stereocenters. The van der Waals surface area contributed by atoms with Crippen molar-refractivity contribution in [1.82, 2.24) is 0 Å². The van der Waals surface area contributed by atoms with E-state index in [1.54, 1.807) is 12.1 Å². The molecule has 35 heavy (non-hydrogen) atoms. The lowest BCUT2D eigenvalue weighted by Gasteiger charge is -2.24. The number of anilines is 1. The largest absolute Gasteiger partial charge is 0.454 e. The Labute approximate surface area is 208 Å². The summed E-state index contributed by atoms with van der Waals surface area (Å²) >= 11 is 0. The molecule has 2 aliphatic rings. The van der Waals surface area contributed by atoms with Crippen molar-refractivity contribution in [3.8, 4) is 22.6 Å². The molecule has 1 fully saturated rings. The van der Waals surface area contributed by atoms with Crippen LogP contribution in [0.4, 0.5) is 5.69 Å². The number of nitrogens with two attached hydrogens (primary N) is 1. The van der Waals surface area contributed by atoms with Gasteiger partial charge in [0.25, 0.3) is 0 Å². The van der Waals surface area contributed by atoms with Gasteiger partial charge in [-0.1, -0.05) is 45.0 Å². The highest BCUT2D eigenvalue weighted by Crippen LogP contribution is 2.51. The highest BCUT2D eigenvalue weighted by molar-refractivity contribution is 7.89. The molecule has 1 saturated carbocycles. The first-order valence-corrected chi connectivity index (χ1v) is 13.0. The number of primary sulfonamides is 1. The smallest absolute Gasteiger partial charge is 0.238 e. The molecule has 0 spiro atoms. The van der Waals surface area contributed by atoms with E-state index in [0.29, 0.717) is 17.2 Å². The Hall–Kier alpha value is -3.36. The molecule has 8 heteroatoms. The minimum atomic E-state index is -3.78. The predicted octanol–water partition coefficient (Wildman–Crippen LogP) is 5.19. The number of nitrogens with one attached hydrogen (secondary N) is 1. The van der Waals surface area contributed by atoms with Crippen molar-refractivity contribution in [2.45, 2.75) is 49.3 Å². The summed E-state index contributed by atoms with van der Waals surface area (Å²) in [6, 6.07) is 18.0.